The van der Waals surface area contributed by atoms with Gasteiger partial charge in [0.2, 0.25) is 5.91 Å². The first-order chi connectivity index (χ1) is 9.16. The molecular formula is C13H18N2O3S. The number of hydrogen-bond acceptors (Lipinski definition) is 4. The van der Waals surface area contributed by atoms with Gasteiger partial charge in [-0.1, -0.05) is 0 Å². The number of amides is 1. The minimum atomic E-state index is -0.888. The lowest BCUT2D eigenvalue weighted by Crippen LogP contribution is -2.30. The zero-order valence-corrected chi connectivity index (χ0v) is 11.5. The van der Waals surface area contributed by atoms with Crippen molar-refractivity contribution in [3.05, 3.63) is 21.9 Å². The molecule has 6 heteroatoms. The summed E-state index contributed by atoms with van der Waals surface area (Å²) in [6, 6.07) is 3.42. The van der Waals surface area contributed by atoms with Crippen molar-refractivity contribution in [2.45, 2.75) is 25.8 Å². The first-order valence-electron chi connectivity index (χ1n) is 6.47. The number of carbonyl (C=O) groups excluding carboxylic acids is 1. The number of nitrogens with zero attached hydrogens (tertiary/aromatic N) is 1. The number of hydrogen-bond donors (Lipinski definition) is 2. The van der Waals surface area contributed by atoms with Crippen LogP contribution in [-0.4, -0.2) is 41.5 Å². The SMILES string of the molecule is O=C(O)c1ccc(CNCCC(=O)N2CCCC2)s1. The number of nitrogens with one attached hydrogen (secondary N) is 1. The molecule has 0 saturated carbocycles. The van der Waals surface area contributed by atoms with Crippen molar-refractivity contribution in [2.75, 3.05) is 19.6 Å². The van der Waals surface area contributed by atoms with Gasteiger partial charge in [0.15, 0.2) is 0 Å². The van der Waals surface area contributed by atoms with Crippen LogP contribution in [0.1, 0.15) is 33.8 Å². The lowest BCUT2D eigenvalue weighted by Gasteiger charge is -2.14. The smallest absolute Gasteiger partial charge is 0.345 e. The van der Waals surface area contributed by atoms with E-state index in [9.17, 15) is 9.59 Å². The van der Waals surface area contributed by atoms with Crippen molar-refractivity contribution in [1.29, 1.82) is 0 Å². The van der Waals surface area contributed by atoms with E-state index in [1.165, 1.54) is 11.3 Å². The summed E-state index contributed by atoms with van der Waals surface area (Å²) in [6.07, 6.45) is 2.75. The molecule has 1 fully saturated rings. The van der Waals surface area contributed by atoms with Crippen molar-refractivity contribution >= 4 is 23.2 Å². The molecule has 104 valence electrons. The van der Waals surface area contributed by atoms with Gasteiger partial charge in [0.25, 0.3) is 0 Å². The molecule has 0 aliphatic carbocycles. The number of aromatic carboxylic acids is 1. The van der Waals surface area contributed by atoms with E-state index >= 15 is 0 Å². The summed E-state index contributed by atoms with van der Waals surface area (Å²) in [6.45, 7) is 3.04. The fraction of sp³-hybridized carbons (Fsp3) is 0.538. The molecule has 1 aliphatic rings. The third-order valence-corrected chi connectivity index (χ3v) is 4.22. The standard InChI is InChI=1S/C13H18N2O3S/c16-12(15-7-1-2-8-15)5-6-14-9-10-3-4-11(19-10)13(17)18/h3-4,14H,1-2,5-9H2,(H,17,18). The van der Waals surface area contributed by atoms with Gasteiger partial charge >= 0.3 is 5.97 Å². The Hall–Kier alpha value is -1.40. The van der Waals surface area contributed by atoms with Gasteiger partial charge in [-0.2, -0.15) is 0 Å². The van der Waals surface area contributed by atoms with Crippen molar-refractivity contribution < 1.29 is 14.7 Å². The van der Waals surface area contributed by atoms with Crippen LogP contribution >= 0.6 is 11.3 Å². The van der Waals surface area contributed by atoms with Crippen molar-refractivity contribution in [3.63, 3.8) is 0 Å². The maximum absolute atomic E-state index is 11.8. The van der Waals surface area contributed by atoms with Crippen molar-refractivity contribution in [3.8, 4) is 0 Å². The Morgan fingerprint density at radius 2 is 2.05 bits per heavy atom. The quantitative estimate of drug-likeness (QED) is 0.777. The fourth-order valence-electron chi connectivity index (χ4n) is 2.12. The van der Waals surface area contributed by atoms with Crippen molar-refractivity contribution in [2.24, 2.45) is 0 Å². The van der Waals surface area contributed by atoms with E-state index in [4.69, 9.17) is 5.11 Å². The number of carboxylic acid groups (broad SMARTS) is 1. The Bertz CT molecular complexity index is 452. The van der Waals surface area contributed by atoms with Crippen LogP contribution in [0.15, 0.2) is 12.1 Å². The predicted octanol–water partition coefficient (Wildman–Crippen LogP) is 1.55. The zero-order chi connectivity index (χ0) is 13.7. The molecule has 1 amide bonds. The van der Waals surface area contributed by atoms with Crippen LogP contribution in [0.4, 0.5) is 0 Å². The van der Waals surface area contributed by atoms with E-state index in [0.717, 1.165) is 30.8 Å². The molecule has 1 aromatic heterocycles. The number of thiophene rings is 1. The molecule has 2 heterocycles. The predicted molar refractivity (Wildman–Crippen MR) is 73.4 cm³/mol. The summed E-state index contributed by atoms with van der Waals surface area (Å²) in [5.74, 6) is -0.678. The largest absolute Gasteiger partial charge is 0.477 e. The normalized spacial score (nSPS) is 14.8. The van der Waals surface area contributed by atoms with E-state index in [1.807, 2.05) is 11.0 Å². The molecule has 0 radical (unpaired) electrons. The molecule has 0 atom stereocenters. The van der Waals surface area contributed by atoms with Gasteiger partial charge < -0.3 is 15.3 Å². The molecule has 19 heavy (non-hydrogen) atoms. The Labute approximate surface area is 116 Å². The van der Waals surface area contributed by atoms with Gasteiger partial charge in [0.1, 0.15) is 4.88 Å². The van der Waals surface area contributed by atoms with Crippen LogP contribution < -0.4 is 5.32 Å². The average Bonchev–Trinajstić information content (AvgIpc) is 3.05. The molecule has 0 bridgehead atoms. The third-order valence-electron chi connectivity index (χ3n) is 3.15. The van der Waals surface area contributed by atoms with Gasteiger partial charge in [0.05, 0.1) is 0 Å². The van der Waals surface area contributed by atoms with Gasteiger partial charge in [-0.15, -0.1) is 11.3 Å². The van der Waals surface area contributed by atoms with E-state index in [0.29, 0.717) is 24.4 Å². The molecule has 1 aromatic rings. The molecular weight excluding hydrogens is 264 g/mol. The van der Waals surface area contributed by atoms with Crippen LogP contribution in [0.2, 0.25) is 0 Å². The van der Waals surface area contributed by atoms with Gasteiger partial charge in [-0.05, 0) is 25.0 Å². The van der Waals surface area contributed by atoms with E-state index in [2.05, 4.69) is 5.32 Å². The minimum absolute atomic E-state index is 0.211. The molecule has 2 rings (SSSR count). The fourth-order valence-corrected chi connectivity index (χ4v) is 2.94. The molecule has 2 N–H and O–H groups in total. The summed E-state index contributed by atoms with van der Waals surface area (Å²) in [5.41, 5.74) is 0. The molecule has 1 saturated heterocycles. The van der Waals surface area contributed by atoms with Gasteiger partial charge in [0, 0.05) is 37.5 Å². The summed E-state index contributed by atoms with van der Waals surface area (Å²) in [5, 5.41) is 12.0. The van der Waals surface area contributed by atoms with Gasteiger partial charge in [-0.3, -0.25) is 4.79 Å². The topological polar surface area (TPSA) is 69.6 Å². The summed E-state index contributed by atoms with van der Waals surface area (Å²) in [4.78, 5) is 25.7. The Kier molecular flexibility index (Phi) is 4.93. The van der Waals surface area contributed by atoms with E-state index in [-0.39, 0.29) is 5.91 Å². The lowest BCUT2D eigenvalue weighted by molar-refractivity contribution is -0.130. The zero-order valence-electron chi connectivity index (χ0n) is 10.7. The maximum atomic E-state index is 11.8. The molecule has 0 unspecified atom stereocenters. The Morgan fingerprint density at radius 3 is 2.68 bits per heavy atom. The summed E-state index contributed by atoms with van der Waals surface area (Å²) >= 11 is 1.27. The second kappa shape index (κ2) is 6.68. The second-order valence-electron chi connectivity index (χ2n) is 4.59. The Balaban J connectivity index is 1.65. The maximum Gasteiger partial charge on any atom is 0.345 e. The van der Waals surface area contributed by atoms with Crippen LogP contribution in [0.25, 0.3) is 0 Å². The number of carbonyl (C=O) groups is 2. The first-order valence-corrected chi connectivity index (χ1v) is 7.29. The summed E-state index contributed by atoms with van der Waals surface area (Å²) < 4.78 is 0. The summed E-state index contributed by atoms with van der Waals surface area (Å²) in [7, 11) is 0. The van der Waals surface area contributed by atoms with E-state index < -0.39 is 5.97 Å². The van der Waals surface area contributed by atoms with E-state index in [1.54, 1.807) is 6.07 Å². The van der Waals surface area contributed by atoms with Crippen LogP contribution in [0.5, 0.6) is 0 Å². The Morgan fingerprint density at radius 1 is 1.32 bits per heavy atom. The highest BCUT2D eigenvalue weighted by Gasteiger charge is 2.16. The molecule has 1 aliphatic heterocycles. The monoisotopic (exact) mass is 282 g/mol. The second-order valence-corrected chi connectivity index (χ2v) is 5.75. The molecule has 0 aromatic carbocycles. The first kappa shape index (κ1) is 14.0. The minimum Gasteiger partial charge on any atom is -0.477 e. The highest BCUT2D eigenvalue weighted by atomic mass is 32.1. The van der Waals surface area contributed by atoms with Crippen molar-refractivity contribution in [1.82, 2.24) is 10.2 Å². The van der Waals surface area contributed by atoms with Gasteiger partial charge in [-0.25, -0.2) is 4.79 Å². The van der Waals surface area contributed by atoms with Crippen LogP contribution in [0, 0.1) is 0 Å². The highest BCUT2D eigenvalue weighted by molar-refractivity contribution is 7.13. The third kappa shape index (κ3) is 4.04. The van der Waals surface area contributed by atoms with Crippen LogP contribution in [-0.2, 0) is 11.3 Å². The van der Waals surface area contributed by atoms with Crippen LogP contribution in [0.3, 0.4) is 0 Å². The molecule has 0 spiro atoms. The number of carboxylic acids is 1. The highest BCUT2D eigenvalue weighted by Crippen LogP contribution is 2.16. The average molecular weight is 282 g/mol. The number of rotatable bonds is 6. The number of likely N-dealkylation sites (tertiary alicyclic amines) is 1. The lowest BCUT2D eigenvalue weighted by atomic mass is 10.3. The molecule has 5 nitrogen and oxygen atoms in total.